The van der Waals surface area contributed by atoms with Crippen LogP contribution >= 0.6 is 0 Å². The van der Waals surface area contributed by atoms with Gasteiger partial charge in [0.25, 0.3) is 0 Å². The fourth-order valence-corrected chi connectivity index (χ4v) is 2.25. The maximum Gasteiger partial charge on any atom is 0.123 e. The van der Waals surface area contributed by atoms with Gasteiger partial charge in [-0.15, -0.1) is 0 Å². The van der Waals surface area contributed by atoms with Crippen molar-refractivity contribution in [1.29, 1.82) is 0 Å². The molecule has 0 aliphatic rings. The molecule has 0 fully saturated rings. The SMILES string of the molecule is CCC(C)(C)C(NC)c1cc(C)ccc1OC. The normalized spacial score (nSPS) is 13.5. The van der Waals surface area contributed by atoms with Crippen LogP contribution in [0.15, 0.2) is 18.2 Å². The summed E-state index contributed by atoms with van der Waals surface area (Å²) in [6, 6.07) is 6.67. The predicted molar refractivity (Wildman–Crippen MR) is 73.6 cm³/mol. The summed E-state index contributed by atoms with van der Waals surface area (Å²) in [5, 5.41) is 3.43. The van der Waals surface area contributed by atoms with Crippen molar-refractivity contribution in [1.82, 2.24) is 5.32 Å². The molecule has 0 radical (unpaired) electrons. The van der Waals surface area contributed by atoms with Crippen LogP contribution in [0.4, 0.5) is 0 Å². The number of ether oxygens (including phenoxy) is 1. The van der Waals surface area contributed by atoms with Gasteiger partial charge >= 0.3 is 0 Å². The second kappa shape index (κ2) is 5.54. The van der Waals surface area contributed by atoms with Crippen molar-refractivity contribution in [2.75, 3.05) is 14.2 Å². The first-order valence-corrected chi connectivity index (χ1v) is 6.28. The zero-order valence-electron chi connectivity index (χ0n) is 11.9. The number of hydrogen-bond donors (Lipinski definition) is 1. The van der Waals surface area contributed by atoms with E-state index < -0.39 is 0 Å². The Bertz CT molecular complexity index is 371. The first kappa shape index (κ1) is 14.0. The maximum absolute atomic E-state index is 5.48. The highest BCUT2D eigenvalue weighted by Gasteiger charge is 2.29. The summed E-state index contributed by atoms with van der Waals surface area (Å²) in [5.41, 5.74) is 2.73. The van der Waals surface area contributed by atoms with Gasteiger partial charge in [-0.2, -0.15) is 0 Å². The van der Waals surface area contributed by atoms with Gasteiger partial charge < -0.3 is 10.1 Å². The first-order chi connectivity index (χ1) is 7.96. The van der Waals surface area contributed by atoms with Gasteiger partial charge in [0.1, 0.15) is 5.75 Å². The van der Waals surface area contributed by atoms with Gasteiger partial charge in [-0.05, 0) is 31.9 Å². The highest BCUT2D eigenvalue weighted by atomic mass is 16.5. The van der Waals surface area contributed by atoms with E-state index in [2.05, 4.69) is 51.2 Å². The van der Waals surface area contributed by atoms with Gasteiger partial charge in [0.2, 0.25) is 0 Å². The van der Waals surface area contributed by atoms with E-state index in [0.29, 0.717) is 6.04 Å². The molecule has 0 bridgehead atoms. The molecule has 0 saturated carbocycles. The van der Waals surface area contributed by atoms with Crippen molar-refractivity contribution in [2.45, 2.75) is 40.2 Å². The van der Waals surface area contributed by atoms with Crippen molar-refractivity contribution in [3.8, 4) is 5.75 Å². The fourth-order valence-electron chi connectivity index (χ4n) is 2.25. The lowest BCUT2D eigenvalue weighted by Gasteiger charge is -2.34. The lowest BCUT2D eigenvalue weighted by molar-refractivity contribution is 0.239. The standard InChI is InChI=1S/C15H25NO/c1-7-15(3,4)14(16-5)12-10-11(2)8-9-13(12)17-6/h8-10,14,16H,7H2,1-6H3. The van der Waals surface area contributed by atoms with Crippen LogP contribution in [-0.2, 0) is 0 Å². The molecule has 0 amide bonds. The monoisotopic (exact) mass is 235 g/mol. The predicted octanol–water partition coefficient (Wildman–Crippen LogP) is 3.70. The van der Waals surface area contributed by atoms with E-state index in [1.54, 1.807) is 7.11 Å². The van der Waals surface area contributed by atoms with E-state index in [0.717, 1.165) is 12.2 Å². The number of rotatable bonds is 5. The molecule has 1 unspecified atom stereocenters. The third-order valence-electron chi connectivity index (χ3n) is 3.68. The summed E-state index contributed by atoms with van der Waals surface area (Å²) in [5.74, 6) is 0.969. The molecule has 0 aromatic heterocycles. The molecule has 1 aromatic carbocycles. The Kier molecular flexibility index (Phi) is 4.58. The third kappa shape index (κ3) is 3.01. The molecule has 96 valence electrons. The summed E-state index contributed by atoms with van der Waals surface area (Å²) < 4.78 is 5.48. The molecule has 1 atom stereocenters. The van der Waals surface area contributed by atoms with E-state index in [1.165, 1.54) is 11.1 Å². The van der Waals surface area contributed by atoms with Crippen molar-refractivity contribution < 1.29 is 4.74 Å². The number of aryl methyl sites for hydroxylation is 1. The van der Waals surface area contributed by atoms with E-state index in [-0.39, 0.29) is 5.41 Å². The Balaban J connectivity index is 3.23. The number of benzene rings is 1. The van der Waals surface area contributed by atoms with Gasteiger partial charge in [0, 0.05) is 11.6 Å². The molecule has 0 spiro atoms. The number of hydrogen-bond acceptors (Lipinski definition) is 2. The molecular formula is C15H25NO. The lowest BCUT2D eigenvalue weighted by Crippen LogP contribution is -2.31. The molecule has 1 rings (SSSR count). The van der Waals surface area contributed by atoms with Crippen LogP contribution in [0.3, 0.4) is 0 Å². The highest BCUT2D eigenvalue weighted by molar-refractivity contribution is 5.40. The van der Waals surface area contributed by atoms with Crippen LogP contribution in [-0.4, -0.2) is 14.2 Å². The average Bonchev–Trinajstić information content (AvgIpc) is 2.30. The van der Waals surface area contributed by atoms with E-state index in [9.17, 15) is 0 Å². The summed E-state index contributed by atoms with van der Waals surface area (Å²) in [6.45, 7) is 8.92. The number of methoxy groups -OCH3 is 1. The van der Waals surface area contributed by atoms with Gasteiger partial charge in [0.15, 0.2) is 0 Å². The van der Waals surface area contributed by atoms with Crippen molar-refractivity contribution in [3.63, 3.8) is 0 Å². The van der Waals surface area contributed by atoms with Crippen LogP contribution in [0, 0.1) is 12.3 Å². The number of nitrogens with one attached hydrogen (secondary N) is 1. The van der Waals surface area contributed by atoms with Crippen LogP contribution in [0.1, 0.15) is 44.4 Å². The zero-order chi connectivity index (χ0) is 13.1. The quantitative estimate of drug-likeness (QED) is 0.840. The summed E-state index contributed by atoms with van der Waals surface area (Å²) in [6.07, 6.45) is 1.12. The molecule has 2 heteroatoms. The minimum atomic E-state index is 0.204. The van der Waals surface area contributed by atoms with Gasteiger partial charge in [-0.3, -0.25) is 0 Å². The Morgan fingerprint density at radius 1 is 1.35 bits per heavy atom. The van der Waals surface area contributed by atoms with Crippen LogP contribution in [0.2, 0.25) is 0 Å². The third-order valence-corrected chi connectivity index (χ3v) is 3.68. The summed E-state index contributed by atoms with van der Waals surface area (Å²) in [4.78, 5) is 0. The summed E-state index contributed by atoms with van der Waals surface area (Å²) >= 11 is 0. The highest BCUT2D eigenvalue weighted by Crippen LogP contribution is 2.40. The summed E-state index contributed by atoms with van der Waals surface area (Å²) in [7, 11) is 3.75. The average molecular weight is 235 g/mol. The van der Waals surface area contributed by atoms with Gasteiger partial charge in [-0.1, -0.05) is 38.5 Å². The first-order valence-electron chi connectivity index (χ1n) is 6.28. The Morgan fingerprint density at radius 2 is 2.00 bits per heavy atom. The molecule has 0 aliphatic heterocycles. The molecule has 17 heavy (non-hydrogen) atoms. The minimum absolute atomic E-state index is 0.204. The maximum atomic E-state index is 5.48. The van der Waals surface area contributed by atoms with Gasteiger partial charge in [0.05, 0.1) is 7.11 Å². The molecule has 1 N–H and O–H groups in total. The molecule has 0 aliphatic carbocycles. The Morgan fingerprint density at radius 3 is 2.47 bits per heavy atom. The van der Waals surface area contributed by atoms with E-state index in [1.807, 2.05) is 7.05 Å². The van der Waals surface area contributed by atoms with Crippen molar-refractivity contribution >= 4 is 0 Å². The molecule has 0 heterocycles. The van der Waals surface area contributed by atoms with Crippen LogP contribution in [0.5, 0.6) is 5.75 Å². The van der Waals surface area contributed by atoms with E-state index >= 15 is 0 Å². The molecule has 0 saturated heterocycles. The molecule has 1 aromatic rings. The Hall–Kier alpha value is -1.02. The second-order valence-electron chi connectivity index (χ2n) is 5.31. The molecule has 2 nitrogen and oxygen atoms in total. The largest absolute Gasteiger partial charge is 0.496 e. The van der Waals surface area contributed by atoms with Gasteiger partial charge in [-0.25, -0.2) is 0 Å². The van der Waals surface area contributed by atoms with Crippen LogP contribution in [0.25, 0.3) is 0 Å². The lowest BCUT2D eigenvalue weighted by atomic mass is 9.78. The topological polar surface area (TPSA) is 21.3 Å². The minimum Gasteiger partial charge on any atom is -0.496 e. The van der Waals surface area contributed by atoms with E-state index in [4.69, 9.17) is 4.74 Å². The van der Waals surface area contributed by atoms with Crippen molar-refractivity contribution in [2.24, 2.45) is 5.41 Å². The van der Waals surface area contributed by atoms with Crippen LogP contribution < -0.4 is 10.1 Å². The Labute approximate surface area is 105 Å². The van der Waals surface area contributed by atoms with Crippen molar-refractivity contribution in [3.05, 3.63) is 29.3 Å². The fraction of sp³-hybridized carbons (Fsp3) is 0.600. The smallest absolute Gasteiger partial charge is 0.123 e. The second-order valence-corrected chi connectivity index (χ2v) is 5.31. The zero-order valence-corrected chi connectivity index (χ0v) is 11.9. The molecular weight excluding hydrogens is 210 g/mol.